The fraction of sp³-hybridized carbons (Fsp3) is 0.700. The highest BCUT2D eigenvalue weighted by atomic mass is 35.5. The fourth-order valence-electron chi connectivity index (χ4n) is 2.14. The highest BCUT2D eigenvalue weighted by Crippen LogP contribution is 2.28. The van der Waals surface area contributed by atoms with Gasteiger partial charge in [0.15, 0.2) is 5.82 Å². The van der Waals surface area contributed by atoms with Crippen LogP contribution in [0.15, 0.2) is 6.20 Å². The van der Waals surface area contributed by atoms with Crippen LogP contribution in [0, 0.1) is 5.92 Å². The molecule has 0 aromatic carbocycles. The van der Waals surface area contributed by atoms with Gasteiger partial charge in [-0.15, -0.1) is 0 Å². The smallest absolute Gasteiger partial charge is 0.164 e. The van der Waals surface area contributed by atoms with Crippen molar-refractivity contribution in [3.8, 4) is 0 Å². The van der Waals surface area contributed by atoms with Crippen LogP contribution in [0.4, 0.5) is 5.82 Å². The standard InChI is InChI=1S/C10H16ClN3/c11-9-7-14(13-10(9)12)6-5-8-3-1-2-4-8/h7-8H,1-6H2,(H2,12,13). The Morgan fingerprint density at radius 2 is 2.21 bits per heavy atom. The maximum atomic E-state index is 5.82. The van der Waals surface area contributed by atoms with Crippen LogP contribution in [0.3, 0.4) is 0 Å². The second-order valence-electron chi connectivity index (χ2n) is 4.06. The lowest BCUT2D eigenvalue weighted by atomic mass is 10.0. The van der Waals surface area contributed by atoms with Crippen molar-refractivity contribution < 1.29 is 0 Å². The summed E-state index contributed by atoms with van der Waals surface area (Å²) in [5.41, 5.74) is 5.56. The number of aromatic nitrogens is 2. The van der Waals surface area contributed by atoms with Crippen LogP contribution >= 0.6 is 11.6 Å². The van der Waals surface area contributed by atoms with Gasteiger partial charge in [0, 0.05) is 12.7 Å². The van der Waals surface area contributed by atoms with Crippen molar-refractivity contribution in [1.29, 1.82) is 0 Å². The van der Waals surface area contributed by atoms with E-state index in [1.54, 1.807) is 0 Å². The molecule has 14 heavy (non-hydrogen) atoms. The first-order chi connectivity index (χ1) is 6.75. The topological polar surface area (TPSA) is 43.8 Å². The second kappa shape index (κ2) is 4.22. The van der Waals surface area contributed by atoms with Gasteiger partial charge in [0.25, 0.3) is 0 Å². The fourth-order valence-corrected chi connectivity index (χ4v) is 2.29. The Bertz CT molecular complexity index is 283. The van der Waals surface area contributed by atoms with Gasteiger partial charge in [0.2, 0.25) is 0 Å². The Labute approximate surface area is 89.2 Å². The third-order valence-corrected chi connectivity index (χ3v) is 3.28. The molecule has 0 amide bonds. The Kier molecular flexibility index (Phi) is 2.96. The first-order valence-corrected chi connectivity index (χ1v) is 5.62. The molecule has 3 nitrogen and oxygen atoms in total. The number of halogens is 1. The maximum Gasteiger partial charge on any atom is 0.164 e. The number of aryl methyl sites for hydroxylation is 1. The van der Waals surface area contributed by atoms with E-state index in [2.05, 4.69) is 5.10 Å². The van der Waals surface area contributed by atoms with Crippen molar-refractivity contribution in [2.24, 2.45) is 5.92 Å². The molecule has 1 aromatic rings. The van der Waals surface area contributed by atoms with Crippen LogP contribution in [-0.2, 0) is 6.54 Å². The summed E-state index contributed by atoms with van der Waals surface area (Å²) in [6.07, 6.45) is 8.57. The Balaban J connectivity index is 1.85. The van der Waals surface area contributed by atoms with Crippen LogP contribution < -0.4 is 5.73 Å². The number of nitrogens with zero attached hydrogens (tertiary/aromatic N) is 2. The Morgan fingerprint density at radius 1 is 1.50 bits per heavy atom. The monoisotopic (exact) mass is 213 g/mol. The third kappa shape index (κ3) is 2.21. The van der Waals surface area contributed by atoms with Crippen molar-refractivity contribution in [2.45, 2.75) is 38.6 Å². The third-order valence-electron chi connectivity index (χ3n) is 2.98. The van der Waals surface area contributed by atoms with Gasteiger partial charge in [-0.25, -0.2) is 0 Å². The summed E-state index contributed by atoms with van der Waals surface area (Å²) in [6.45, 7) is 0.946. The van der Waals surface area contributed by atoms with Crippen molar-refractivity contribution in [3.63, 3.8) is 0 Å². The summed E-state index contributed by atoms with van der Waals surface area (Å²) in [5, 5.41) is 4.70. The largest absolute Gasteiger partial charge is 0.381 e. The second-order valence-corrected chi connectivity index (χ2v) is 4.47. The summed E-state index contributed by atoms with van der Waals surface area (Å²) in [7, 11) is 0. The van der Waals surface area contributed by atoms with E-state index >= 15 is 0 Å². The van der Waals surface area contributed by atoms with Gasteiger partial charge < -0.3 is 5.73 Å². The summed E-state index contributed by atoms with van der Waals surface area (Å²) in [4.78, 5) is 0. The van der Waals surface area contributed by atoms with E-state index in [1.165, 1.54) is 32.1 Å². The summed E-state index contributed by atoms with van der Waals surface area (Å²) in [5.74, 6) is 1.33. The predicted molar refractivity (Wildman–Crippen MR) is 58.2 cm³/mol. The van der Waals surface area contributed by atoms with E-state index in [1.807, 2.05) is 10.9 Å². The predicted octanol–water partition coefficient (Wildman–Crippen LogP) is 2.70. The van der Waals surface area contributed by atoms with E-state index in [4.69, 9.17) is 17.3 Å². The lowest BCUT2D eigenvalue weighted by Gasteiger charge is -2.07. The maximum absolute atomic E-state index is 5.82. The van der Waals surface area contributed by atoms with E-state index in [0.29, 0.717) is 10.8 Å². The number of nitrogen functional groups attached to an aromatic ring is 1. The van der Waals surface area contributed by atoms with Gasteiger partial charge in [-0.05, 0) is 12.3 Å². The molecule has 4 heteroatoms. The molecule has 2 N–H and O–H groups in total. The van der Waals surface area contributed by atoms with Crippen molar-refractivity contribution in [1.82, 2.24) is 9.78 Å². The molecule has 2 rings (SSSR count). The van der Waals surface area contributed by atoms with Gasteiger partial charge in [0.1, 0.15) is 5.02 Å². The minimum Gasteiger partial charge on any atom is -0.381 e. The first kappa shape index (κ1) is 9.84. The highest BCUT2D eigenvalue weighted by molar-refractivity contribution is 6.32. The molecular formula is C10H16ClN3. The SMILES string of the molecule is Nc1nn(CCC2CCCC2)cc1Cl. The number of hydrogen-bond donors (Lipinski definition) is 1. The van der Waals surface area contributed by atoms with Gasteiger partial charge in [-0.1, -0.05) is 37.3 Å². The zero-order chi connectivity index (χ0) is 9.97. The van der Waals surface area contributed by atoms with Crippen LogP contribution in [0.5, 0.6) is 0 Å². The zero-order valence-electron chi connectivity index (χ0n) is 8.25. The van der Waals surface area contributed by atoms with E-state index in [9.17, 15) is 0 Å². The molecule has 1 aromatic heterocycles. The molecule has 0 aliphatic heterocycles. The normalized spacial score (nSPS) is 17.8. The molecule has 1 saturated carbocycles. The van der Waals surface area contributed by atoms with E-state index in [-0.39, 0.29) is 0 Å². The summed E-state index contributed by atoms with van der Waals surface area (Å²) >= 11 is 5.82. The van der Waals surface area contributed by atoms with E-state index in [0.717, 1.165) is 12.5 Å². The Hall–Kier alpha value is -0.700. The van der Waals surface area contributed by atoms with E-state index < -0.39 is 0 Å². The Morgan fingerprint density at radius 3 is 2.79 bits per heavy atom. The van der Waals surface area contributed by atoms with Crippen molar-refractivity contribution in [3.05, 3.63) is 11.2 Å². The van der Waals surface area contributed by atoms with Gasteiger partial charge >= 0.3 is 0 Å². The minimum absolute atomic E-state index is 0.443. The zero-order valence-corrected chi connectivity index (χ0v) is 9.00. The lowest BCUT2D eigenvalue weighted by molar-refractivity contribution is 0.440. The van der Waals surface area contributed by atoms with Gasteiger partial charge in [-0.3, -0.25) is 4.68 Å². The van der Waals surface area contributed by atoms with Crippen LogP contribution in [-0.4, -0.2) is 9.78 Å². The molecule has 0 atom stereocenters. The van der Waals surface area contributed by atoms with Crippen molar-refractivity contribution in [2.75, 3.05) is 5.73 Å². The summed E-state index contributed by atoms with van der Waals surface area (Å²) in [6, 6.07) is 0. The number of rotatable bonds is 3. The molecule has 1 aliphatic carbocycles. The quantitative estimate of drug-likeness (QED) is 0.839. The lowest BCUT2D eigenvalue weighted by Crippen LogP contribution is -2.04. The molecule has 0 spiro atoms. The molecular weight excluding hydrogens is 198 g/mol. The summed E-state index contributed by atoms with van der Waals surface area (Å²) < 4.78 is 1.86. The molecule has 1 heterocycles. The molecule has 0 bridgehead atoms. The number of hydrogen-bond acceptors (Lipinski definition) is 2. The van der Waals surface area contributed by atoms with Gasteiger partial charge in [0.05, 0.1) is 0 Å². The molecule has 78 valence electrons. The highest BCUT2D eigenvalue weighted by Gasteiger charge is 2.14. The van der Waals surface area contributed by atoms with Crippen LogP contribution in [0.25, 0.3) is 0 Å². The van der Waals surface area contributed by atoms with Gasteiger partial charge in [-0.2, -0.15) is 5.10 Å². The average Bonchev–Trinajstić information content (AvgIpc) is 2.74. The number of nitrogens with two attached hydrogens (primary N) is 1. The molecule has 0 saturated heterocycles. The number of anilines is 1. The molecule has 1 aliphatic rings. The molecule has 0 unspecified atom stereocenters. The first-order valence-electron chi connectivity index (χ1n) is 5.24. The molecule has 1 fully saturated rings. The van der Waals surface area contributed by atoms with Crippen LogP contribution in [0.1, 0.15) is 32.1 Å². The minimum atomic E-state index is 0.443. The van der Waals surface area contributed by atoms with Crippen LogP contribution in [0.2, 0.25) is 5.02 Å². The molecule has 0 radical (unpaired) electrons. The average molecular weight is 214 g/mol. The van der Waals surface area contributed by atoms with Crippen molar-refractivity contribution >= 4 is 17.4 Å².